The lowest BCUT2D eigenvalue weighted by molar-refractivity contribution is 0.0923. The average Bonchev–Trinajstić information content (AvgIpc) is 3.46. The van der Waals surface area contributed by atoms with Crippen LogP contribution in [0.15, 0.2) is 30.5 Å². The first kappa shape index (κ1) is 23.2. The zero-order chi connectivity index (χ0) is 23.2. The molecule has 1 amide bonds. The lowest BCUT2D eigenvalue weighted by Gasteiger charge is -2.33. The molecule has 1 aromatic carbocycles. The summed E-state index contributed by atoms with van der Waals surface area (Å²) in [7, 11) is 0. The summed E-state index contributed by atoms with van der Waals surface area (Å²) in [5.41, 5.74) is 2.30. The van der Waals surface area contributed by atoms with Crippen LogP contribution in [0.1, 0.15) is 42.9 Å². The molecule has 1 atom stereocenters. The van der Waals surface area contributed by atoms with E-state index in [9.17, 15) is 9.18 Å². The SMILES string of the molecule is CC(C)CCC(Cc1c[nH]c2ccccc12)NC(=O)c1nc(N2CCN(CCF)CC2)n[nH]1. The number of aromatic nitrogens is 4. The molecule has 3 heterocycles. The number of aromatic amines is 2. The summed E-state index contributed by atoms with van der Waals surface area (Å²) in [6.45, 7) is 7.49. The van der Waals surface area contributed by atoms with Gasteiger partial charge in [-0.1, -0.05) is 32.0 Å². The number of alkyl halides is 1. The first-order valence-electron chi connectivity index (χ1n) is 11.8. The van der Waals surface area contributed by atoms with Crippen LogP contribution < -0.4 is 10.2 Å². The van der Waals surface area contributed by atoms with Crippen molar-refractivity contribution >= 4 is 22.8 Å². The summed E-state index contributed by atoms with van der Waals surface area (Å²) in [4.78, 5) is 24.9. The maximum atomic E-state index is 13.0. The first-order valence-corrected chi connectivity index (χ1v) is 11.8. The number of amides is 1. The maximum Gasteiger partial charge on any atom is 0.288 e. The van der Waals surface area contributed by atoms with Gasteiger partial charge in [-0.15, -0.1) is 5.10 Å². The normalized spacial score (nSPS) is 15.9. The summed E-state index contributed by atoms with van der Waals surface area (Å²) in [6, 6.07) is 8.22. The zero-order valence-electron chi connectivity index (χ0n) is 19.5. The molecule has 2 aromatic heterocycles. The van der Waals surface area contributed by atoms with E-state index in [1.54, 1.807) is 0 Å². The minimum Gasteiger partial charge on any atom is -0.361 e. The van der Waals surface area contributed by atoms with Crippen LogP contribution in [0.2, 0.25) is 0 Å². The molecular weight excluding hydrogens is 421 g/mol. The van der Waals surface area contributed by atoms with Crippen molar-refractivity contribution in [1.82, 2.24) is 30.4 Å². The van der Waals surface area contributed by atoms with Gasteiger partial charge in [0.15, 0.2) is 0 Å². The molecule has 1 saturated heterocycles. The van der Waals surface area contributed by atoms with Gasteiger partial charge in [-0.05, 0) is 36.8 Å². The van der Waals surface area contributed by atoms with Gasteiger partial charge in [0.1, 0.15) is 6.67 Å². The number of carbonyl (C=O) groups excluding carboxylic acids is 1. The van der Waals surface area contributed by atoms with Crippen molar-refractivity contribution in [3.05, 3.63) is 41.9 Å². The minimum atomic E-state index is -0.332. The molecule has 0 spiro atoms. The number of para-hydroxylation sites is 1. The molecule has 33 heavy (non-hydrogen) atoms. The van der Waals surface area contributed by atoms with Gasteiger partial charge in [-0.25, -0.2) is 4.39 Å². The minimum absolute atomic E-state index is 0.00287. The number of halogens is 1. The Bertz CT molecular complexity index is 1040. The molecule has 0 saturated carbocycles. The van der Waals surface area contributed by atoms with Gasteiger partial charge >= 0.3 is 0 Å². The summed E-state index contributed by atoms with van der Waals surface area (Å²) in [5.74, 6) is 1.07. The lowest BCUT2D eigenvalue weighted by atomic mass is 9.97. The molecule has 1 aliphatic heterocycles. The quantitative estimate of drug-likeness (QED) is 0.437. The molecule has 0 bridgehead atoms. The molecule has 1 unspecified atom stereocenters. The molecule has 0 aliphatic carbocycles. The van der Waals surface area contributed by atoms with Gasteiger partial charge < -0.3 is 15.2 Å². The largest absolute Gasteiger partial charge is 0.361 e. The molecule has 8 nitrogen and oxygen atoms in total. The Hall–Kier alpha value is -2.94. The fourth-order valence-corrected chi connectivity index (χ4v) is 4.37. The van der Waals surface area contributed by atoms with E-state index in [0.717, 1.165) is 51.0 Å². The van der Waals surface area contributed by atoms with Crippen molar-refractivity contribution in [2.75, 3.05) is 44.3 Å². The fourth-order valence-electron chi connectivity index (χ4n) is 4.37. The second-order valence-electron chi connectivity index (χ2n) is 9.21. The third-order valence-corrected chi connectivity index (χ3v) is 6.31. The van der Waals surface area contributed by atoms with Gasteiger partial charge in [0.25, 0.3) is 5.91 Å². The van der Waals surface area contributed by atoms with E-state index < -0.39 is 0 Å². The number of hydrogen-bond acceptors (Lipinski definition) is 5. The molecule has 1 fully saturated rings. The Balaban J connectivity index is 1.40. The molecule has 1 aliphatic rings. The molecule has 4 rings (SSSR count). The maximum absolute atomic E-state index is 13.0. The van der Waals surface area contributed by atoms with Crippen molar-refractivity contribution in [1.29, 1.82) is 0 Å². The molecule has 178 valence electrons. The van der Waals surface area contributed by atoms with E-state index in [1.807, 2.05) is 23.2 Å². The Labute approximate surface area is 193 Å². The number of nitrogens with zero attached hydrogens (tertiary/aromatic N) is 4. The van der Waals surface area contributed by atoms with Gasteiger partial charge in [-0.2, -0.15) is 4.98 Å². The van der Waals surface area contributed by atoms with E-state index in [2.05, 4.69) is 56.4 Å². The second kappa shape index (κ2) is 10.8. The predicted molar refractivity (Wildman–Crippen MR) is 128 cm³/mol. The van der Waals surface area contributed by atoms with Crippen LogP contribution >= 0.6 is 0 Å². The Morgan fingerprint density at radius 2 is 1.97 bits per heavy atom. The highest BCUT2D eigenvalue weighted by molar-refractivity contribution is 5.91. The highest BCUT2D eigenvalue weighted by Gasteiger charge is 2.23. The van der Waals surface area contributed by atoms with E-state index in [-0.39, 0.29) is 24.4 Å². The Morgan fingerprint density at radius 3 is 2.73 bits per heavy atom. The highest BCUT2D eigenvalue weighted by atomic mass is 19.1. The third kappa shape index (κ3) is 5.90. The number of fused-ring (bicyclic) bond motifs is 1. The van der Waals surface area contributed by atoms with Gasteiger partial charge in [0.05, 0.1) is 0 Å². The standard InChI is InChI=1S/C24H34FN7O/c1-17(2)7-8-19(15-18-16-26-21-6-4-3-5-20(18)21)27-23(33)22-28-24(30-29-22)32-13-11-31(10-9-25)12-14-32/h3-6,16-17,19,26H,7-15H2,1-2H3,(H,27,33)(H,28,29,30). The molecule has 9 heteroatoms. The predicted octanol–water partition coefficient (Wildman–Crippen LogP) is 3.15. The van der Waals surface area contributed by atoms with Gasteiger partial charge in [-0.3, -0.25) is 14.8 Å². The number of piperazine rings is 1. The summed E-state index contributed by atoms with van der Waals surface area (Å²) in [5, 5.41) is 11.4. The number of H-pyrrole nitrogens is 2. The highest BCUT2D eigenvalue weighted by Crippen LogP contribution is 2.21. The van der Waals surface area contributed by atoms with Gasteiger partial charge in [0, 0.05) is 55.9 Å². The van der Waals surface area contributed by atoms with Crippen LogP contribution in [-0.4, -0.2) is 76.4 Å². The number of anilines is 1. The summed E-state index contributed by atoms with van der Waals surface area (Å²) < 4.78 is 12.6. The molecule has 0 radical (unpaired) electrons. The summed E-state index contributed by atoms with van der Waals surface area (Å²) >= 11 is 0. The van der Waals surface area contributed by atoms with E-state index in [4.69, 9.17) is 0 Å². The Kier molecular flexibility index (Phi) is 7.59. The van der Waals surface area contributed by atoms with Crippen molar-refractivity contribution in [2.45, 2.75) is 39.2 Å². The summed E-state index contributed by atoms with van der Waals surface area (Å²) in [6.07, 6.45) is 4.70. The van der Waals surface area contributed by atoms with Crippen LogP contribution in [0.5, 0.6) is 0 Å². The Morgan fingerprint density at radius 1 is 1.18 bits per heavy atom. The van der Waals surface area contributed by atoms with E-state index >= 15 is 0 Å². The van der Waals surface area contributed by atoms with Gasteiger partial charge in [0.2, 0.25) is 11.8 Å². The number of rotatable bonds is 10. The van der Waals surface area contributed by atoms with E-state index in [0.29, 0.717) is 18.4 Å². The third-order valence-electron chi connectivity index (χ3n) is 6.31. The van der Waals surface area contributed by atoms with Crippen molar-refractivity contribution in [3.63, 3.8) is 0 Å². The molecular formula is C24H34FN7O. The van der Waals surface area contributed by atoms with Crippen LogP contribution in [0, 0.1) is 5.92 Å². The van der Waals surface area contributed by atoms with Crippen molar-refractivity contribution in [3.8, 4) is 0 Å². The van der Waals surface area contributed by atoms with Crippen LogP contribution in [0.25, 0.3) is 10.9 Å². The van der Waals surface area contributed by atoms with E-state index in [1.165, 1.54) is 10.9 Å². The van der Waals surface area contributed by atoms with Crippen molar-refractivity contribution in [2.24, 2.45) is 5.92 Å². The molecule has 3 aromatic rings. The number of benzene rings is 1. The lowest BCUT2D eigenvalue weighted by Crippen LogP contribution is -2.47. The van der Waals surface area contributed by atoms with Crippen LogP contribution in [-0.2, 0) is 6.42 Å². The fraction of sp³-hybridized carbons (Fsp3) is 0.542. The topological polar surface area (TPSA) is 92.9 Å². The second-order valence-corrected chi connectivity index (χ2v) is 9.21. The zero-order valence-corrected chi connectivity index (χ0v) is 19.5. The first-order chi connectivity index (χ1) is 16.0. The number of hydrogen-bond donors (Lipinski definition) is 3. The monoisotopic (exact) mass is 455 g/mol. The smallest absolute Gasteiger partial charge is 0.288 e. The van der Waals surface area contributed by atoms with Crippen LogP contribution in [0.3, 0.4) is 0 Å². The van der Waals surface area contributed by atoms with Crippen LogP contribution in [0.4, 0.5) is 10.3 Å². The average molecular weight is 456 g/mol. The number of nitrogens with one attached hydrogen (secondary N) is 3. The molecule has 3 N–H and O–H groups in total. The number of carbonyl (C=O) groups is 1. The van der Waals surface area contributed by atoms with Crippen molar-refractivity contribution < 1.29 is 9.18 Å².